The fraction of sp³-hybridized carbons (Fsp3) is 0.364. The van der Waals surface area contributed by atoms with Crippen LogP contribution in [0.3, 0.4) is 0 Å². The highest BCUT2D eigenvalue weighted by atomic mass is 19.4. The van der Waals surface area contributed by atoms with Crippen LogP contribution in [-0.2, 0) is 0 Å². The van der Waals surface area contributed by atoms with E-state index >= 15 is 0 Å². The Balaban J connectivity index is 2.70. The molecule has 0 fully saturated rings. The van der Waals surface area contributed by atoms with Crippen LogP contribution in [0.1, 0.15) is 16.8 Å². The highest BCUT2D eigenvalue weighted by molar-refractivity contribution is 5.99. The first kappa shape index (κ1) is 14.3. The lowest BCUT2D eigenvalue weighted by molar-refractivity contribution is -0.132. The molecule has 3 nitrogen and oxygen atoms in total. The Morgan fingerprint density at radius 2 is 2.00 bits per heavy atom. The van der Waals surface area contributed by atoms with Crippen LogP contribution >= 0.6 is 0 Å². The minimum absolute atomic E-state index is 0.0281. The molecule has 0 spiro atoms. The van der Waals surface area contributed by atoms with Gasteiger partial charge in [-0.1, -0.05) is 6.07 Å². The van der Waals surface area contributed by atoms with Gasteiger partial charge in [0.1, 0.15) is 5.82 Å². The summed E-state index contributed by atoms with van der Waals surface area (Å²) in [7, 11) is 1.42. The molecule has 0 heterocycles. The number of carbonyl (C=O) groups excluding carboxylic acids is 1. The van der Waals surface area contributed by atoms with Gasteiger partial charge in [-0.25, -0.2) is 4.39 Å². The summed E-state index contributed by atoms with van der Waals surface area (Å²) in [5.41, 5.74) is -0.0679. The second-order valence-corrected chi connectivity index (χ2v) is 3.53. The van der Waals surface area contributed by atoms with Crippen LogP contribution in [0.4, 0.5) is 23.2 Å². The fourth-order valence-electron chi connectivity index (χ4n) is 1.38. The van der Waals surface area contributed by atoms with Gasteiger partial charge in [0, 0.05) is 13.6 Å². The Bertz CT molecular complexity index is 432. The lowest BCUT2D eigenvalue weighted by Crippen LogP contribution is -2.28. The SMILES string of the molecule is CNc1c(F)cccc1C(=O)NCCC(F)(F)F. The maximum atomic E-state index is 13.3. The van der Waals surface area contributed by atoms with E-state index in [1.165, 1.54) is 19.2 Å². The number of halogens is 4. The van der Waals surface area contributed by atoms with Gasteiger partial charge in [-0.05, 0) is 12.1 Å². The van der Waals surface area contributed by atoms with Gasteiger partial charge >= 0.3 is 6.18 Å². The molecule has 0 aliphatic heterocycles. The van der Waals surface area contributed by atoms with Crippen molar-refractivity contribution in [1.82, 2.24) is 5.32 Å². The van der Waals surface area contributed by atoms with Crippen LogP contribution in [0.5, 0.6) is 0 Å². The van der Waals surface area contributed by atoms with Crippen molar-refractivity contribution in [2.24, 2.45) is 0 Å². The molecular weight excluding hydrogens is 252 g/mol. The molecule has 1 aromatic carbocycles. The second kappa shape index (κ2) is 5.70. The van der Waals surface area contributed by atoms with E-state index in [2.05, 4.69) is 10.6 Å². The summed E-state index contributed by atoms with van der Waals surface area (Å²) in [5.74, 6) is -1.39. The van der Waals surface area contributed by atoms with E-state index in [1.54, 1.807) is 0 Å². The van der Waals surface area contributed by atoms with Gasteiger partial charge in [0.05, 0.1) is 17.7 Å². The van der Waals surface area contributed by atoms with E-state index in [0.29, 0.717) is 0 Å². The van der Waals surface area contributed by atoms with Gasteiger partial charge in [-0.2, -0.15) is 13.2 Å². The predicted molar refractivity (Wildman–Crippen MR) is 59.0 cm³/mol. The lowest BCUT2D eigenvalue weighted by atomic mass is 10.1. The molecule has 0 atom stereocenters. The largest absolute Gasteiger partial charge is 0.390 e. The third kappa shape index (κ3) is 3.90. The second-order valence-electron chi connectivity index (χ2n) is 3.53. The van der Waals surface area contributed by atoms with E-state index in [-0.39, 0.29) is 11.3 Å². The zero-order valence-corrected chi connectivity index (χ0v) is 9.57. The van der Waals surface area contributed by atoms with Gasteiger partial charge in [0.2, 0.25) is 0 Å². The third-order valence-electron chi connectivity index (χ3n) is 2.20. The van der Waals surface area contributed by atoms with E-state index in [0.717, 1.165) is 6.07 Å². The Labute approximate surface area is 101 Å². The smallest absolute Gasteiger partial charge is 0.385 e. The van der Waals surface area contributed by atoms with E-state index in [9.17, 15) is 22.4 Å². The predicted octanol–water partition coefficient (Wildman–Crippen LogP) is 2.55. The van der Waals surface area contributed by atoms with Crippen molar-refractivity contribution in [2.75, 3.05) is 18.9 Å². The Hall–Kier alpha value is -1.79. The summed E-state index contributed by atoms with van der Waals surface area (Å²) >= 11 is 0. The standard InChI is InChI=1S/C11H12F4N2O/c1-16-9-7(3-2-4-8(9)12)10(18)17-6-5-11(13,14)15/h2-4,16H,5-6H2,1H3,(H,17,18). The number of hydrogen-bond acceptors (Lipinski definition) is 2. The maximum Gasteiger partial charge on any atom is 0.390 e. The van der Waals surface area contributed by atoms with Crippen molar-refractivity contribution < 1.29 is 22.4 Å². The molecule has 1 amide bonds. The molecule has 0 aromatic heterocycles. The van der Waals surface area contributed by atoms with Crippen molar-refractivity contribution in [3.05, 3.63) is 29.6 Å². The number of para-hydroxylation sites is 1. The van der Waals surface area contributed by atoms with Crippen LogP contribution < -0.4 is 10.6 Å². The average Bonchev–Trinajstić information content (AvgIpc) is 2.26. The third-order valence-corrected chi connectivity index (χ3v) is 2.20. The summed E-state index contributed by atoms with van der Waals surface area (Å²) in [6, 6.07) is 3.80. The lowest BCUT2D eigenvalue weighted by Gasteiger charge is -2.11. The van der Waals surface area contributed by atoms with Crippen LogP contribution in [0, 0.1) is 5.82 Å². The molecule has 0 aliphatic rings. The number of amides is 1. The van der Waals surface area contributed by atoms with Crippen LogP contribution in [0.2, 0.25) is 0 Å². The Morgan fingerprint density at radius 1 is 1.33 bits per heavy atom. The highest BCUT2D eigenvalue weighted by Crippen LogP contribution is 2.20. The molecule has 0 aliphatic carbocycles. The molecule has 100 valence electrons. The minimum Gasteiger partial charge on any atom is -0.385 e. The molecule has 2 N–H and O–H groups in total. The zero-order chi connectivity index (χ0) is 13.8. The monoisotopic (exact) mass is 264 g/mol. The van der Waals surface area contributed by atoms with Gasteiger partial charge in [0.15, 0.2) is 0 Å². The fourth-order valence-corrected chi connectivity index (χ4v) is 1.38. The number of benzene rings is 1. The molecule has 1 aromatic rings. The first-order chi connectivity index (χ1) is 8.35. The Morgan fingerprint density at radius 3 is 2.56 bits per heavy atom. The van der Waals surface area contributed by atoms with Gasteiger partial charge in [-0.3, -0.25) is 4.79 Å². The van der Waals surface area contributed by atoms with E-state index < -0.39 is 30.9 Å². The van der Waals surface area contributed by atoms with Crippen molar-refractivity contribution in [2.45, 2.75) is 12.6 Å². The maximum absolute atomic E-state index is 13.3. The molecule has 0 saturated heterocycles. The molecular formula is C11H12F4N2O. The summed E-state index contributed by atoms with van der Waals surface area (Å²) in [6.07, 6.45) is -5.45. The first-order valence-corrected chi connectivity index (χ1v) is 5.16. The van der Waals surface area contributed by atoms with Gasteiger partial charge in [-0.15, -0.1) is 0 Å². The Kier molecular flexibility index (Phi) is 4.52. The molecule has 1 rings (SSSR count). The normalized spacial score (nSPS) is 11.2. The number of carbonyl (C=O) groups is 1. The minimum atomic E-state index is -4.33. The molecule has 0 unspecified atom stereocenters. The van der Waals surface area contributed by atoms with Crippen molar-refractivity contribution in [3.8, 4) is 0 Å². The molecule has 0 radical (unpaired) electrons. The van der Waals surface area contributed by atoms with Crippen LogP contribution in [-0.4, -0.2) is 25.7 Å². The molecule has 0 saturated carbocycles. The van der Waals surface area contributed by atoms with E-state index in [4.69, 9.17) is 0 Å². The number of nitrogens with one attached hydrogen (secondary N) is 2. The van der Waals surface area contributed by atoms with Gasteiger partial charge in [0.25, 0.3) is 5.91 Å². The zero-order valence-electron chi connectivity index (χ0n) is 9.57. The first-order valence-electron chi connectivity index (χ1n) is 5.16. The number of alkyl halides is 3. The van der Waals surface area contributed by atoms with Crippen molar-refractivity contribution >= 4 is 11.6 Å². The molecule has 0 bridgehead atoms. The number of anilines is 1. The number of hydrogen-bond donors (Lipinski definition) is 2. The summed E-state index contributed by atoms with van der Waals surface area (Å²) in [6.45, 7) is -0.540. The van der Waals surface area contributed by atoms with Crippen LogP contribution in [0.25, 0.3) is 0 Å². The molecule has 18 heavy (non-hydrogen) atoms. The average molecular weight is 264 g/mol. The quantitative estimate of drug-likeness (QED) is 0.820. The van der Waals surface area contributed by atoms with E-state index in [1.807, 2.05) is 0 Å². The van der Waals surface area contributed by atoms with Crippen molar-refractivity contribution in [3.63, 3.8) is 0 Å². The topological polar surface area (TPSA) is 41.1 Å². The summed E-state index contributed by atoms with van der Waals surface area (Å²) in [5, 5.41) is 4.59. The van der Waals surface area contributed by atoms with Crippen molar-refractivity contribution in [1.29, 1.82) is 0 Å². The van der Waals surface area contributed by atoms with Crippen LogP contribution in [0.15, 0.2) is 18.2 Å². The van der Waals surface area contributed by atoms with Gasteiger partial charge < -0.3 is 10.6 Å². The highest BCUT2D eigenvalue weighted by Gasteiger charge is 2.26. The summed E-state index contributed by atoms with van der Waals surface area (Å²) in [4.78, 5) is 11.6. The number of rotatable bonds is 4. The molecule has 7 heteroatoms. The summed E-state index contributed by atoms with van der Waals surface area (Å²) < 4.78 is 49.0.